The van der Waals surface area contributed by atoms with Crippen LogP contribution < -0.4 is 14.8 Å². The monoisotopic (exact) mass is 483 g/mol. The van der Waals surface area contributed by atoms with Crippen molar-refractivity contribution in [2.45, 2.75) is 31.6 Å². The van der Waals surface area contributed by atoms with Gasteiger partial charge in [0.05, 0.1) is 34.4 Å². The van der Waals surface area contributed by atoms with E-state index in [1.165, 1.54) is 30.3 Å². The SMILES string of the molecule is CCCCOc1ccc(C(=O)OCC(=O)Nc2cc(S(C)(=O)=O)ccc2Cl)cc1OCC. The number of ether oxygens (including phenoxy) is 3. The summed E-state index contributed by atoms with van der Waals surface area (Å²) < 4.78 is 39.6. The number of rotatable bonds is 11. The number of anilines is 1. The van der Waals surface area contributed by atoms with Crippen LogP contribution in [0.3, 0.4) is 0 Å². The normalized spacial score (nSPS) is 11.0. The van der Waals surface area contributed by atoms with E-state index in [-0.39, 0.29) is 21.2 Å². The average molecular weight is 484 g/mol. The zero-order valence-corrected chi connectivity index (χ0v) is 19.7. The first kappa shape index (κ1) is 25.5. The number of carbonyl (C=O) groups is 2. The fourth-order valence-electron chi connectivity index (χ4n) is 2.58. The van der Waals surface area contributed by atoms with Gasteiger partial charge in [-0.25, -0.2) is 13.2 Å². The molecule has 0 aliphatic heterocycles. The molecule has 174 valence electrons. The lowest BCUT2D eigenvalue weighted by molar-refractivity contribution is -0.119. The topological polar surface area (TPSA) is 108 Å². The number of esters is 1. The number of carbonyl (C=O) groups excluding carboxylic acids is 2. The van der Waals surface area contributed by atoms with E-state index in [2.05, 4.69) is 12.2 Å². The number of benzene rings is 2. The van der Waals surface area contributed by atoms with E-state index >= 15 is 0 Å². The highest BCUT2D eigenvalue weighted by atomic mass is 35.5. The molecule has 1 N–H and O–H groups in total. The largest absolute Gasteiger partial charge is 0.490 e. The Labute approximate surface area is 192 Å². The van der Waals surface area contributed by atoms with Gasteiger partial charge in [0.2, 0.25) is 0 Å². The molecule has 0 spiro atoms. The second-order valence-electron chi connectivity index (χ2n) is 6.83. The van der Waals surface area contributed by atoms with E-state index in [1.54, 1.807) is 6.07 Å². The van der Waals surface area contributed by atoms with Crippen molar-refractivity contribution in [3.8, 4) is 11.5 Å². The first-order valence-electron chi connectivity index (χ1n) is 10.0. The van der Waals surface area contributed by atoms with Gasteiger partial charge in [0, 0.05) is 6.26 Å². The second kappa shape index (κ2) is 11.7. The second-order valence-corrected chi connectivity index (χ2v) is 9.26. The van der Waals surface area contributed by atoms with Crippen LogP contribution in [0.5, 0.6) is 11.5 Å². The fourth-order valence-corrected chi connectivity index (χ4v) is 3.39. The Kier molecular flexibility index (Phi) is 9.34. The highest BCUT2D eigenvalue weighted by Crippen LogP contribution is 2.29. The van der Waals surface area contributed by atoms with Crippen molar-refractivity contribution in [1.29, 1.82) is 0 Å². The van der Waals surface area contributed by atoms with Gasteiger partial charge in [0.15, 0.2) is 27.9 Å². The lowest BCUT2D eigenvalue weighted by atomic mass is 10.2. The van der Waals surface area contributed by atoms with Crippen LogP contribution in [0, 0.1) is 0 Å². The molecule has 0 fully saturated rings. The molecule has 2 aromatic rings. The van der Waals surface area contributed by atoms with Gasteiger partial charge >= 0.3 is 5.97 Å². The summed E-state index contributed by atoms with van der Waals surface area (Å²) in [5.74, 6) is -0.463. The number of hydrogen-bond donors (Lipinski definition) is 1. The quantitative estimate of drug-likeness (QED) is 0.378. The summed E-state index contributed by atoms with van der Waals surface area (Å²) >= 11 is 6.01. The molecule has 32 heavy (non-hydrogen) atoms. The van der Waals surface area contributed by atoms with E-state index < -0.39 is 28.3 Å². The maximum atomic E-state index is 12.4. The van der Waals surface area contributed by atoms with Crippen molar-refractivity contribution in [3.05, 3.63) is 47.0 Å². The lowest BCUT2D eigenvalue weighted by Gasteiger charge is -2.13. The van der Waals surface area contributed by atoms with Crippen LogP contribution in [-0.2, 0) is 19.4 Å². The highest BCUT2D eigenvalue weighted by molar-refractivity contribution is 7.90. The van der Waals surface area contributed by atoms with Gasteiger partial charge < -0.3 is 19.5 Å². The molecule has 0 radical (unpaired) electrons. The first-order valence-corrected chi connectivity index (χ1v) is 12.3. The van der Waals surface area contributed by atoms with E-state index in [0.717, 1.165) is 19.1 Å². The summed E-state index contributed by atoms with van der Waals surface area (Å²) in [5, 5.41) is 2.59. The van der Waals surface area contributed by atoms with Gasteiger partial charge in [0.25, 0.3) is 5.91 Å². The average Bonchev–Trinajstić information content (AvgIpc) is 2.74. The maximum Gasteiger partial charge on any atom is 0.338 e. The Morgan fingerprint density at radius 2 is 1.78 bits per heavy atom. The molecule has 2 rings (SSSR count). The number of unbranched alkanes of at least 4 members (excludes halogenated alkanes) is 1. The summed E-state index contributed by atoms with van der Waals surface area (Å²) in [6, 6.07) is 8.57. The lowest BCUT2D eigenvalue weighted by Crippen LogP contribution is -2.21. The van der Waals surface area contributed by atoms with Crippen LogP contribution in [0.1, 0.15) is 37.0 Å². The van der Waals surface area contributed by atoms with E-state index in [1.807, 2.05) is 6.92 Å². The molecule has 2 aromatic carbocycles. The fraction of sp³-hybridized carbons (Fsp3) is 0.364. The molecule has 0 heterocycles. The molecule has 0 aromatic heterocycles. The van der Waals surface area contributed by atoms with Gasteiger partial charge in [0.1, 0.15) is 0 Å². The van der Waals surface area contributed by atoms with Crippen LogP contribution >= 0.6 is 11.6 Å². The van der Waals surface area contributed by atoms with Crippen molar-refractivity contribution in [2.24, 2.45) is 0 Å². The van der Waals surface area contributed by atoms with E-state index in [9.17, 15) is 18.0 Å². The summed E-state index contributed by atoms with van der Waals surface area (Å²) in [7, 11) is -3.48. The van der Waals surface area contributed by atoms with Crippen LogP contribution in [0.2, 0.25) is 5.02 Å². The molecule has 10 heteroatoms. The number of halogens is 1. The van der Waals surface area contributed by atoms with Crippen molar-refractivity contribution >= 4 is 39.0 Å². The molecule has 0 aliphatic carbocycles. The van der Waals surface area contributed by atoms with Crippen molar-refractivity contribution < 1.29 is 32.2 Å². The molecule has 0 unspecified atom stereocenters. The van der Waals surface area contributed by atoms with Crippen LogP contribution in [0.4, 0.5) is 5.69 Å². The van der Waals surface area contributed by atoms with Gasteiger partial charge in [-0.3, -0.25) is 4.79 Å². The van der Waals surface area contributed by atoms with Crippen LogP contribution in [-0.4, -0.2) is 46.4 Å². The molecule has 1 amide bonds. The third-order valence-corrected chi connectivity index (χ3v) is 5.65. The molecule has 0 bridgehead atoms. The van der Waals surface area contributed by atoms with E-state index in [4.69, 9.17) is 25.8 Å². The summed E-state index contributed by atoms with van der Waals surface area (Å²) in [6.45, 7) is 4.20. The smallest absolute Gasteiger partial charge is 0.338 e. The highest BCUT2D eigenvalue weighted by Gasteiger charge is 2.16. The van der Waals surface area contributed by atoms with Gasteiger partial charge in [-0.2, -0.15) is 0 Å². The molecule has 0 saturated carbocycles. The Bertz CT molecular complexity index is 1070. The third kappa shape index (κ3) is 7.42. The summed E-state index contributed by atoms with van der Waals surface area (Å²) in [4.78, 5) is 24.6. The van der Waals surface area contributed by atoms with Gasteiger partial charge in [-0.15, -0.1) is 0 Å². The molecule has 0 atom stereocenters. The Morgan fingerprint density at radius 1 is 1.03 bits per heavy atom. The minimum atomic E-state index is -3.48. The number of amides is 1. The number of hydrogen-bond acceptors (Lipinski definition) is 7. The predicted molar refractivity (Wildman–Crippen MR) is 121 cm³/mol. The predicted octanol–water partition coefficient (Wildman–Crippen LogP) is 4.12. The number of sulfone groups is 1. The number of nitrogens with one attached hydrogen (secondary N) is 1. The van der Waals surface area contributed by atoms with Gasteiger partial charge in [-0.1, -0.05) is 24.9 Å². The van der Waals surface area contributed by atoms with Crippen molar-refractivity contribution in [1.82, 2.24) is 0 Å². The summed E-state index contributed by atoms with van der Waals surface area (Å²) in [5.41, 5.74) is 0.295. The minimum absolute atomic E-state index is 0.00102. The zero-order valence-electron chi connectivity index (χ0n) is 18.1. The molecule has 0 aliphatic rings. The standard InChI is InChI=1S/C22H26ClNO7S/c1-4-6-11-30-19-10-7-15(12-20(19)29-5-2)22(26)31-14-21(25)24-18-13-16(32(3,27)28)8-9-17(18)23/h7-10,12-13H,4-6,11,14H2,1-3H3,(H,24,25). The Balaban J connectivity index is 2.02. The zero-order chi connectivity index (χ0) is 23.7. The Morgan fingerprint density at radius 3 is 2.44 bits per heavy atom. The summed E-state index contributed by atoms with van der Waals surface area (Å²) in [6.07, 6.45) is 2.92. The van der Waals surface area contributed by atoms with Crippen molar-refractivity contribution in [3.63, 3.8) is 0 Å². The van der Waals surface area contributed by atoms with Crippen molar-refractivity contribution in [2.75, 3.05) is 31.4 Å². The van der Waals surface area contributed by atoms with E-state index in [0.29, 0.717) is 24.7 Å². The van der Waals surface area contributed by atoms with Crippen LogP contribution in [0.15, 0.2) is 41.3 Å². The third-order valence-electron chi connectivity index (χ3n) is 4.21. The maximum absolute atomic E-state index is 12.4. The molecular formula is C22H26ClNO7S. The molecular weight excluding hydrogens is 458 g/mol. The molecule has 8 nitrogen and oxygen atoms in total. The minimum Gasteiger partial charge on any atom is -0.490 e. The Hall–Kier alpha value is -2.78. The van der Waals surface area contributed by atoms with Crippen LogP contribution in [0.25, 0.3) is 0 Å². The first-order chi connectivity index (χ1) is 15.2. The molecule has 0 saturated heterocycles. The van der Waals surface area contributed by atoms with Gasteiger partial charge in [-0.05, 0) is 49.7 Å².